The maximum absolute atomic E-state index is 12.0. The number of carbonyl (C=O) groups is 1. The molecule has 104 valence electrons. The molecule has 1 amide bonds. The normalized spacial score (nSPS) is 15.6. The Kier molecular flexibility index (Phi) is 5.54. The minimum absolute atomic E-state index is 0.242. The van der Waals surface area contributed by atoms with Gasteiger partial charge in [0.25, 0.3) is 0 Å². The predicted molar refractivity (Wildman–Crippen MR) is 81.6 cm³/mol. The molecular weight excluding hydrogens is 258 g/mol. The second-order valence-electron chi connectivity index (χ2n) is 4.54. The molecule has 2 N–H and O–H groups in total. The Labute approximate surface area is 118 Å². The van der Waals surface area contributed by atoms with Crippen LogP contribution in [0.15, 0.2) is 30.3 Å². The number of thioether (sulfide) groups is 1. The molecule has 1 fully saturated rings. The lowest BCUT2D eigenvalue weighted by atomic mass is 10.2. The van der Waals surface area contributed by atoms with Crippen molar-refractivity contribution in [3.63, 3.8) is 0 Å². The molecule has 0 saturated carbocycles. The number of amides is 1. The summed E-state index contributed by atoms with van der Waals surface area (Å²) in [5, 5.41) is 0. The van der Waals surface area contributed by atoms with Gasteiger partial charge in [0.2, 0.25) is 5.91 Å². The van der Waals surface area contributed by atoms with Crippen LogP contribution in [0.1, 0.15) is 0 Å². The van der Waals surface area contributed by atoms with Gasteiger partial charge in [0.05, 0.1) is 5.75 Å². The molecule has 0 aromatic heterocycles. The Morgan fingerprint density at radius 2 is 1.84 bits per heavy atom. The summed E-state index contributed by atoms with van der Waals surface area (Å²) in [7, 11) is 0. The summed E-state index contributed by atoms with van der Waals surface area (Å²) in [5.41, 5.74) is 6.67. The highest BCUT2D eigenvalue weighted by Crippen LogP contribution is 2.16. The largest absolute Gasteiger partial charge is 0.368 e. The summed E-state index contributed by atoms with van der Waals surface area (Å²) in [6.45, 7) is 4.10. The number of nitrogens with zero attached hydrogens (tertiary/aromatic N) is 2. The summed E-state index contributed by atoms with van der Waals surface area (Å²) in [5.74, 6) is 1.66. The third kappa shape index (κ3) is 4.14. The van der Waals surface area contributed by atoms with E-state index < -0.39 is 0 Å². The number of carbonyl (C=O) groups excluding carboxylic acids is 1. The summed E-state index contributed by atoms with van der Waals surface area (Å²) in [6.07, 6.45) is 0. The maximum Gasteiger partial charge on any atom is 0.232 e. The van der Waals surface area contributed by atoms with Crippen molar-refractivity contribution in [2.24, 2.45) is 5.73 Å². The molecule has 1 heterocycles. The van der Waals surface area contributed by atoms with Crippen LogP contribution in [0.2, 0.25) is 0 Å². The van der Waals surface area contributed by atoms with E-state index in [0.717, 1.165) is 31.9 Å². The van der Waals surface area contributed by atoms with E-state index in [4.69, 9.17) is 5.73 Å². The molecule has 2 rings (SSSR count). The monoisotopic (exact) mass is 279 g/mol. The van der Waals surface area contributed by atoms with Gasteiger partial charge in [-0.1, -0.05) is 18.2 Å². The highest BCUT2D eigenvalue weighted by Gasteiger charge is 2.20. The number of hydrogen-bond donors (Lipinski definition) is 1. The van der Waals surface area contributed by atoms with Crippen molar-refractivity contribution < 1.29 is 4.79 Å². The van der Waals surface area contributed by atoms with Crippen molar-refractivity contribution in [3.8, 4) is 0 Å². The van der Waals surface area contributed by atoms with E-state index in [2.05, 4.69) is 29.2 Å². The number of para-hydroxylation sites is 1. The van der Waals surface area contributed by atoms with E-state index >= 15 is 0 Å². The molecule has 0 bridgehead atoms. The molecule has 0 aliphatic carbocycles. The van der Waals surface area contributed by atoms with Gasteiger partial charge in [-0.15, -0.1) is 0 Å². The molecule has 4 nitrogen and oxygen atoms in total. The third-order valence-electron chi connectivity index (χ3n) is 3.24. The molecule has 1 aliphatic heterocycles. The maximum atomic E-state index is 12.0. The van der Waals surface area contributed by atoms with Crippen LogP contribution in [0.25, 0.3) is 0 Å². The molecule has 1 aliphatic rings. The van der Waals surface area contributed by atoms with Crippen LogP contribution >= 0.6 is 11.8 Å². The number of rotatable bonds is 5. The highest BCUT2D eigenvalue weighted by atomic mass is 32.2. The van der Waals surface area contributed by atoms with E-state index in [-0.39, 0.29) is 5.91 Å². The van der Waals surface area contributed by atoms with E-state index in [1.54, 1.807) is 11.8 Å². The van der Waals surface area contributed by atoms with Crippen molar-refractivity contribution in [2.75, 3.05) is 49.1 Å². The summed E-state index contributed by atoms with van der Waals surface area (Å²) < 4.78 is 0. The van der Waals surface area contributed by atoms with Crippen LogP contribution in [-0.2, 0) is 4.79 Å². The van der Waals surface area contributed by atoms with Gasteiger partial charge in [0.1, 0.15) is 0 Å². The van der Waals surface area contributed by atoms with E-state index in [1.807, 2.05) is 11.0 Å². The molecule has 1 saturated heterocycles. The van der Waals surface area contributed by atoms with Gasteiger partial charge in [-0.3, -0.25) is 4.79 Å². The number of benzene rings is 1. The van der Waals surface area contributed by atoms with Gasteiger partial charge >= 0.3 is 0 Å². The smallest absolute Gasteiger partial charge is 0.232 e. The van der Waals surface area contributed by atoms with E-state index in [0.29, 0.717) is 12.3 Å². The quantitative estimate of drug-likeness (QED) is 0.818. The first-order chi connectivity index (χ1) is 9.31. The Balaban J connectivity index is 1.77. The van der Waals surface area contributed by atoms with Gasteiger partial charge in [0.15, 0.2) is 0 Å². The van der Waals surface area contributed by atoms with Gasteiger partial charge in [-0.25, -0.2) is 0 Å². The zero-order valence-corrected chi connectivity index (χ0v) is 11.9. The average molecular weight is 279 g/mol. The number of piperazine rings is 1. The van der Waals surface area contributed by atoms with Gasteiger partial charge in [0, 0.05) is 44.2 Å². The second-order valence-corrected chi connectivity index (χ2v) is 5.65. The molecular formula is C14H21N3OS. The lowest BCUT2D eigenvalue weighted by Gasteiger charge is -2.36. The zero-order chi connectivity index (χ0) is 13.5. The van der Waals surface area contributed by atoms with Crippen LogP contribution in [0, 0.1) is 0 Å². The van der Waals surface area contributed by atoms with Crippen LogP contribution in [0.5, 0.6) is 0 Å². The van der Waals surface area contributed by atoms with E-state index in [1.165, 1.54) is 5.69 Å². The van der Waals surface area contributed by atoms with Crippen molar-refractivity contribution >= 4 is 23.4 Å². The fourth-order valence-electron chi connectivity index (χ4n) is 2.19. The van der Waals surface area contributed by atoms with Crippen molar-refractivity contribution in [3.05, 3.63) is 30.3 Å². The molecule has 0 unspecified atom stereocenters. The molecule has 1 aromatic rings. The van der Waals surface area contributed by atoms with E-state index in [9.17, 15) is 4.79 Å². The Bertz CT molecular complexity index is 391. The molecule has 0 atom stereocenters. The van der Waals surface area contributed by atoms with Gasteiger partial charge in [-0.05, 0) is 12.1 Å². The molecule has 19 heavy (non-hydrogen) atoms. The lowest BCUT2D eigenvalue weighted by Crippen LogP contribution is -2.49. The summed E-state index contributed by atoms with van der Waals surface area (Å²) in [4.78, 5) is 16.3. The molecule has 0 radical (unpaired) electrons. The van der Waals surface area contributed by atoms with Gasteiger partial charge < -0.3 is 15.5 Å². The van der Waals surface area contributed by atoms with Crippen LogP contribution in [-0.4, -0.2) is 55.0 Å². The van der Waals surface area contributed by atoms with Crippen molar-refractivity contribution in [2.45, 2.75) is 0 Å². The summed E-state index contributed by atoms with van der Waals surface area (Å²) in [6, 6.07) is 10.4. The standard InChI is InChI=1S/C14H21N3OS/c15-6-11-19-12-14(18)17-9-7-16(8-10-17)13-4-2-1-3-5-13/h1-5H,6-12,15H2. The first-order valence-electron chi connectivity index (χ1n) is 6.67. The molecule has 0 spiro atoms. The van der Waals surface area contributed by atoms with Crippen LogP contribution in [0.3, 0.4) is 0 Å². The fourth-order valence-corrected chi connectivity index (χ4v) is 2.86. The van der Waals surface area contributed by atoms with Crippen molar-refractivity contribution in [1.82, 2.24) is 4.90 Å². The van der Waals surface area contributed by atoms with Crippen LogP contribution < -0.4 is 10.6 Å². The zero-order valence-electron chi connectivity index (χ0n) is 11.1. The Morgan fingerprint density at radius 3 is 2.47 bits per heavy atom. The topological polar surface area (TPSA) is 49.6 Å². The predicted octanol–water partition coefficient (Wildman–Crippen LogP) is 1.03. The van der Waals surface area contributed by atoms with Crippen LogP contribution in [0.4, 0.5) is 5.69 Å². The highest BCUT2D eigenvalue weighted by molar-refractivity contribution is 7.99. The Hall–Kier alpha value is -1.20. The third-order valence-corrected chi connectivity index (χ3v) is 4.22. The number of hydrogen-bond acceptors (Lipinski definition) is 4. The summed E-state index contributed by atoms with van der Waals surface area (Å²) >= 11 is 1.62. The minimum Gasteiger partial charge on any atom is -0.368 e. The van der Waals surface area contributed by atoms with Gasteiger partial charge in [-0.2, -0.15) is 11.8 Å². The Morgan fingerprint density at radius 1 is 1.16 bits per heavy atom. The SMILES string of the molecule is NCCSCC(=O)N1CCN(c2ccccc2)CC1. The first-order valence-corrected chi connectivity index (χ1v) is 7.82. The molecule has 5 heteroatoms. The lowest BCUT2D eigenvalue weighted by molar-refractivity contribution is -0.128. The van der Waals surface area contributed by atoms with Crippen molar-refractivity contribution in [1.29, 1.82) is 0 Å². The minimum atomic E-state index is 0.242. The number of anilines is 1. The fraction of sp³-hybridized carbons (Fsp3) is 0.500. The average Bonchev–Trinajstić information content (AvgIpc) is 2.48. The second kappa shape index (κ2) is 7.40. The number of nitrogens with two attached hydrogens (primary N) is 1. The molecule has 1 aromatic carbocycles. The first kappa shape index (κ1) is 14.2.